The zero-order valence-electron chi connectivity index (χ0n) is 24.3. The van der Waals surface area contributed by atoms with Gasteiger partial charge in [0, 0.05) is 45.4 Å². The average Bonchev–Trinajstić information content (AvgIpc) is 2.92. The Bertz CT molecular complexity index is 1280. The molecule has 1 saturated heterocycles. The molecule has 2 aromatic rings. The van der Waals surface area contributed by atoms with Crippen LogP contribution in [0.1, 0.15) is 51.3 Å². The predicted molar refractivity (Wildman–Crippen MR) is 149 cm³/mol. The zero-order chi connectivity index (χ0) is 31.0. The Kier molecular flexibility index (Phi) is 11.3. The number of hydrogen-bond acceptors (Lipinski definition) is 11. The van der Waals surface area contributed by atoms with Gasteiger partial charge in [0.05, 0.1) is 6.61 Å². The zero-order valence-corrected chi connectivity index (χ0v) is 25.1. The van der Waals surface area contributed by atoms with E-state index >= 15 is 0 Å². The summed E-state index contributed by atoms with van der Waals surface area (Å²) in [6, 6.07) is 12.5. The second kappa shape index (κ2) is 14.5. The van der Waals surface area contributed by atoms with Crippen LogP contribution in [0, 0.1) is 0 Å². The normalized spacial score (nSPS) is 23.4. The van der Waals surface area contributed by atoms with Gasteiger partial charge in [-0.3, -0.25) is 19.2 Å². The minimum absolute atomic E-state index is 0.354. The number of rotatable bonds is 11. The number of methoxy groups -OCH3 is 1. The standard InChI is InChI=1S/C30H35ClO11/c1-7-37-24-11-8-21(9-12-24)14-22-15-23(10-13-25(22)31)30(36-6)29(41-20(5)35)28(40-19(4)34)27(39-18(3)33)26(42-30)16-38-17(2)32/h8-13,15,26-29H,7,14,16H2,1-6H3/t26-,27-,28+,29-,30?/m1/s1. The largest absolute Gasteiger partial charge is 0.494 e. The molecule has 11 nitrogen and oxygen atoms in total. The summed E-state index contributed by atoms with van der Waals surface area (Å²) >= 11 is 6.59. The molecule has 0 aliphatic carbocycles. The lowest BCUT2D eigenvalue weighted by Gasteiger charge is -2.50. The highest BCUT2D eigenvalue weighted by atomic mass is 35.5. The summed E-state index contributed by atoms with van der Waals surface area (Å²) < 4.78 is 39.8. The molecule has 1 fully saturated rings. The van der Waals surface area contributed by atoms with Gasteiger partial charge in [-0.1, -0.05) is 29.8 Å². The lowest BCUT2D eigenvalue weighted by molar-refractivity contribution is -0.367. The first-order chi connectivity index (χ1) is 19.9. The molecule has 0 saturated carbocycles. The monoisotopic (exact) mass is 606 g/mol. The van der Waals surface area contributed by atoms with E-state index in [0.717, 1.165) is 32.1 Å². The molecule has 3 rings (SSSR count). The van der Waals surface area contributed by atoms with Crippen LogP contribution in [0.3, 0.4) is 0 Å². The first-order valence-corrected chi connectivity index (χ1v) is 13.7. The second-order valence-corrected chi connectivity index (χ2v) is 9.98. The lowest BCUT2D eigenvalue weighted by Crippen LogP contribution is -2.67. The van der Waals surface area contributed by atoms with E-state index in [2.05, 4.69) is 0 Å². The van der Waals surface area contributed by atoms with E-state index in [1.54, 1.807) is 18.2 Å². The van der Waals surface area contributed by atoms with Crippen LogP contribution in [-0.2, 0) is 59.8 Å². The van der Waals surface area contributed by atoms with E-state index < -0.39 is 60.7 Å². The molecule has 1 aliphatic rings. The number of carbonyl (C=O) groups excluding carboxylic acids is 4. The topological polar surface area (TPSA) is 133 Å². The molecule has 0 N–H and O–H groups in total. The van der Waals surface area contributed by atoms with E-state index in [1.165, 1.54) is 14.0 Å². The van der Waals surface area contributed by atoms with Gasteiger partial charge in [0.25, 0.3) is 0 Å². The quantitative estimate of drug-likeness (QED) is 0.272. The SMILES string of the molecule is CCOc1ccc(Cc2cc(C3(OC)O[C@H](COC(C)=O)[C@@H](OC(C)=O)[C@H](OC(C)=O)[C@H]3OC(C)=O)ccc2Cl)cc1. The van der Waals surface area contributed by atoms with Gasteiger partial charge in [0.1, 0.15) is 18.5 Å². The summed E-state index contributed by atoms with van der Waals surface area (Å²) in [5.41, 5.74) is 1.97. The minimum Gasteiger partial charge on any atom is -0.494 e. The van der Waals surface area contributed by atoms with Gasteiger partial charge < -0.3 is 33.2 Å². The molecule has 0 bridgehead atoms. The average molecular weight is 607 g/mol. The highest BCUT2D eigenvalue weighted by Crippen LogP contribution is 2.44. The molecule has 2 aromatic carbocycles. The van der Waals surface area contributed by atoms with Crippen LogP contribution < -0.4 is 4.74 Å². The maximum Gasteiger partial charge on any atom is 0.303 e. The summed E-state index contributed by atoms with van der Waals surface area (Å²) in [5.74, 6) is -4.03. The third-order valence-corrected chi connectivity index (χ3v) is 6.79. The van der Waals surface area contributed by atoms with Crippen molar-refractivity contribution in [3.63, 3.8) is 0 Å². The molecular formula is C30H35ClO11. The number of benzene rings is 2. The Morgan fingerprint density at radius 2 is 1.48 bits per heavy atom. The van der Waals surface area contributed by atoms with Gasteiger partial charge in [-0.15, -0.1) is 0 Å². The summed E-state index contributed by atoms with van der Waals surface area (Å²) in [6.07, 6.45) is -4.97. The molecule has 12 heteroatoms. The van der Waals surface area contributed by atoms with Crippen molar-refractivity contribution in [2.45, 2.75) is 71.2 Å². The Morgan fingerprint density at radius 3 is 2.02 bits per heavy atom. The fourth-order valence-electron chi connectivity index (χ4n) is 4.80. The number of hydrogen-bond donors (Lipinski definition) is 0. The van der Waals surface area contributed by atoms with Crippen molar-refractivity contribution in [1.82, 2.24) is 0 Å². The highest BCUT2D eigenvalue weighted by Gasteiger charge is 2.61. The van der Waals surface area contributed by atoms with Crippen LogP contribution in [0.5, 0.6) is 5.75 Å². The van der Waals surface area contributed by atoms with Gasteiger partial charge in [-0.25, -0.2) is 0 Å². The predicted octanol–water partition coefficient (Wildman–Crippen LogP) is 3.89. The Labute approximate surface area is 249 Å². The van der Waals surface area contributed by atoms with Gasteiger partial charge >= 0.3 is 23.9 Å². The third-order valence-electron chi connectivity index (χ3n) is 6.42. The van der Waals surface area contributed by atoms with Gasteiger partial charge in [-0.2, -0.15) is 0 Å². The third kappa shape index (κ3) is 7.99. The Hall–Kier alpha value is -3.67. The Balaban J connectivity index is 2.15. The van der Waals surface area contributed by atoms with Crippen LogP contribution >= 0.6 is 11.6 Å². The molecule has 42 heavy (non-hydrogen) atoms. The summed E-state index contributed by atoms with van der Waals surface area (Å²) in [5, 5.41) is 0.449. The minimum atomic E-state index is -1.91. The van der Waals surface area contributed by atoms with Crippen LogP contribution in [0.25, 0.3) is 0 Å². The van der Waals surface area contributed by atoms with Crippen molar-refractivity contribution in [2.75, 3.05) is 20.3 Å². The maximum absolute atomic E-state index is 12.4. The molecular weight excluding hydrogens is 572 g/mol. The molecule has 0 amide bonds. The first kappa shape index (κ1) is 32.8. The van der Waals surface area contributed by atoms with E-state index in [1.807, 2.05) is 31.2 Å². The summed E-state index contributed by atoms with van der Waals surface area (Å²) in [4.78, 5) is 48.4. The maximum atomic E-state index is 12.4. The van der Waals surface area contributed by atoms with E-state index in [9.17, 15) is 19.2 Å². The van der Waals surface area contributed by atoms with Crippen molar-refractivity contribution in [3.05, 3.63) is 64.2 Å². The number of ether oxygens (including phenoxy) is 7. The fourth-order valence-corrected chi connectivity index (χ4v) is 4.98. The highest BCUT2D eigenvalue weighted by molar-refractivity contribution is 6.31. The first-order valence-electron chi connectivity index (χ1n) is 13.3. The summed E-state index contributed by atoms with van der Waals surface area (Å²) in [7, 11) is 1.32. The van der Waals surface area contributed by atoms with Crippen molar-refractivity contribution in [2.24, 2.45) is 0 Å². The van der Waals surface area contributed by atoms with Crippen LogP contribution in [0.15, 0.2) is 42.5 Å². The van der Waals surface area contributed by atoms with Gasteiger partial charge in [0.2, 0.25) is 11.9 Å². The van der Waals surface area contributed by atoms with Gasteiger partial charge in [-0.05, 0) is 48.7 Å². The molecule has 0 aromatic heterocycles. The number of carbonyl (C=O) groups is 4. The Morgan fingerprint density at radius 1 is 0.857 bits per heavy atom. The van der Waals surface area contributed by atoms with E-state index in [-0.39, 0.29) is 0 Å². The van der Waals surface area contributed by atoms with Crippen LogP contribution in [-0.4, -0.2) is 68.6 Å². The molecule has 0 radical (unpaired) electrons. The smallest absolute Gasteiger partial charge is 0.303 e. The number of esters is 4. The number of halogens is 1. The molecule has 1 heterocycles. The fraction of sp³-hybridized carbons (Fsp3) is 0.467. The molecule has 228 valence electrons. The molecule has 0 spiro atoms. The van der Waals surface area contributed by atoms with E-state index in [4.69, 9.17) is 44.8 Å². The van der Waals surface area contributed by atoms with Crippen LogP contribution in [0.4, 0.5) is 0 Å². The molecule has 1 aliphatic heterocycles. The van der Waals surface area contributed by atoms with Crippen molar-refractivity contribution in [1.29, 1.82) is 0 Å². The lowest BCUT2D eigenvalue weighted by atomic mass is 9.86. The van der Waals surface area contributed by atoms with E-state index in [0.29, 0.717) is 29.2 Å². The van der Waals surface area contributed by atoms with Crippen molar-refractivity contribution < 1.29 is 52.3 Å². The molecule has 5 atom stereocenters. The summed E-state index contributed by atoms with van der Waals surface area (Å²) in [6.45, 7) is 6.72. The van der Waals surface area contributed by atoms with Crippen molar-refractivity contribution in [3.8, 4) is 5.75 Å². The van der Waals surface area contributed by atoms with Crippen molar-refractivity contribution >= 4 is 35.5 Å². The second-order valence-electron chi connectivity index (χ2n) is 9.57. The molecule has 1 unspecified atom stereocenters. The van der Waals surface area contributed by atoms with Crippen LogP contribution in [0.2, 0.25) is 5.02 Å². The van der Waals surface area contributed by atoms with Gasteiger partial charge in [0.15, 0.2) is 12.2 Å².